The zero-order valence-electron chi connectivity index (χ0n) is 21.5. The molecule has 1 aliphatic carbocycles. The summed E-state index contributed by atoms with van der Waals surface area (Å²) in [5.41, 5.74) is 3.13. The Morgan fingerprint density at radius 3 is 2.57 bits per heavy atom. The average Bonchev–Trinajstić information content (AvgIpc) is 3.55. The smallest absolute Gasteiger partial charge is 0.222 e. The Bertz CT molecular complexity index is 1180. The lowest BCUT2D eigenvalue weighted by atomic mass is 10.0. The predicted octanol–water partition coefficient (Wildman–Crippen LogP) is 5.60. The topological polar surface area (TPSA) is 65.8 Å². The van der Waals surface area contributed by atoms with Crippen LogP contribution in [0.25, 0.3) is 16.2 Å². The fourth-order valence-corrected chi connectivity index (χ4v) is 6.21. The summed E-state index contributed by atoms with van der Waals surface area (Å²) in [6.07, 6.45) is 7.08. The van der Waals surface area contributed by atoms with Gasteiger partial charge in [-0.3, -0.25) is 4.79 Å². The maximum Gasteiger partial charge on any atom is 0.222 e. The molecule has 5 rings (SSSR count). The highest BCUT2D eigenvalue weighted by Gasteiger charge is 2.27. The van der Waals surface area contributed by atoms with E-state index in [-0.39, 0.29) is 5.54 Å². The fraction of sp³-hybridized carbons (Fsp3) is 0.593. The largest absolute Gasteiger partial charge is 0.364 e. The molecule has 2 aromatic heterocycles. The summed E-state index contributed by atoms with van der Waals surface area (Å²) >= 11 is 1.62. The number of anilines is 2. The number of aromatic nitrogens is 3. The summed E-state index contributed by atoms with van der Waals surface area (Å²) in [5, 5.41) is 9.59. The van der Waals surface area contributed by atoms with Gasteiger partial charge in [-0.2, -0.15) is 4.52 Å². The third-order valence-electron chi connectivity index (χ3n) is 7.12. The highest BCUT2D eigenvalue weighted by atomic mass is 32.1. The molecule has 1 N–H and O–H groups in total. The van der Waals surface area contributed by atoms with E-state index in [0.29, 0.717) is 12.3 Å². The lowest BCUT2D eigenvalue weighted by Gasteiger charge is -2.34. The zero-order chi connectivity index (χ0) is 24.6. The van der Waals surface area contributed by atoms with Crippen LogP contribution in [0.5, 0.6) is 0 Å². The van der Waals surface area contributed by atoms with E-state index < -0.39 is 0 Å². The molecule has 0 radical (unpaired) electrons. The molecule has 2 aliphatic rings. The van der Waals surface area contributed by atoms with E-state index in [1.54, 1.807) is 11.3 Å². The van der Waals surface area contributed by atoms with Crippen molar-refractivity contribution in [3.63, 3.8) is 0 Å². The van der Waals surface area contributed by atoms with E-state index in [4.69, 9.17) is 10.1 Å². The minimum atomic E-state index is -0.122. The molecule has 0 atom stereocenters. The van der Waals surface area contributed by atoms with E-state index in [2.05, 4.69) is 62.2 Å². The Labute approximate surface area is 212 Å². The lowest BCUT2D eigenvalue weighted by molar-refractivity contribution is -0.131. The van der Waals surface area contributed by atoms with Crippen molar-refractivity contribution in [2.45, 2.75) is 71.8 Å². The zero-order valence-corrected chi connectivity index (χ0v) is 22.3. The molecular weight excluding hydrogens is 456 g/mol. The Balaban J connectivity index is 1.30. The number of imidazole rings is 1. The van der Waals surface area contributed by atoms with E-state index in [0.717, 1.165) is 65.7 Å². The number of hydrogen-bond acceptors (Lipinski definition) is 6. The van der Waals surface area contributed by atoms with Crippen molar-refractivity contribution in [3.8, 4) is 11.3 Å². The number of hydrogen-bond donors (Lipinski definition) is 1. The molecule has 188 valence electrons. The minimum Gasteiger partial charge on any atom is -0.364 e. The number of benzene rings is 1. The number of carbonyl (C=O) groups excluding carboxylic acids is 1. The number of carbonyl (C=O) groups is 1. The van der Waals surface area contributed by atoms with Gasteiger partial charge in [-0.05, 0) is 46.1 Å². The fourth-order valence-electron chi connectivity index (χ4n) is 5.26. The Morgan fingerprint density at radius 2 is 1.89 bits per heavy atom. The van der Waals surface area contributed by atoms with Gasteiger partial charge in [0.15, 0.2) is 5.82 Å². The van der Waals surface area contributed by atoms with Gasteiger partial charge in [-0.25, -0.2) is 4.98 Å². The average molecular weight is 495 g/mol. The van der Waals surface area contributed by atoms with Crippen molar-refractivity contribution in [2.24, 2.45) is 5.92 Å². The van der Waals surface area contributed by atoms with Crippen LogP contribution < -0.4 is 10.2 Å². The van der Waals surface area contributed by atoms with Gasteiger partial charge < -0.3 is 15.1 Å². The molecule has 7 nitrogen and oxygen atoms in total. The van der Waals surface area contributed by atoms with Crippen molar-refractivity contribution in [1.29, 1.82) is 0 Å². The summed E-state index contributed by atoms with van der Waals surface area (Å²) in [7, 11) is 0. The van der Waals surface area contributed by atoms with E-state index >= 15 is 0 Å². The molecule has 3 heterocycles. The van der Waals surface area contributed by atoms with Gasteiger partial charge in [0.2, 0.25) is 16.0 Å². The quantitative estimate of drug-likeness (QED) is 0.483. The van der Waals surface area contributed by atoms with Crippen molar-refractivity contribution in [2.75, 3.05) is 36.4 Å². The first-order valence-corrected chi connectivity index (χ1v) is 13.9. The van der Waals surface area contributed by atoms with E-state index in [1.165, 1.54) is 31.2 Å². The van der Waals surface area contributed by atoms with Crippen molar-refractivity contribution in [1.82, 2.24) is 19.5 Å². The molecule has 0 spiro atoms. The van der Waals surface area contributed by atoms with Gasteiger partial charge in [0.25, 0.3) is 0 Å². The first-order chi connectivity index (χ1) is 16.8. The third kappa shape index (κ3) is 5.47. The van der Waals surface area contributed by atoms with Crippen molar-refractivity contribution >= 4 is 33.2 Å². The predicted molar refractivity (Wildman–Crippen MR) is 144 cm³/mol. The number of aryl methyl sites for hydroxylation is 1. The van der Waals surface area contributed by atoms with Gasteiger partial charge in [0.1, 0.15) is 5.69 Å². The Kier molecular flexibility index (Phi) is 6.75. The maximum absolute atomic E-state index is 12.7. The monoisotopic (exact) mass is 494 g/mol. The Morgan fingerprint density at radius 1 is 1.14 bits per heavy atom. The molecule has 1 amide bonds. The normalized spacial score (nSPS) is 17.5. The van der Waals surface area contributed by atoms with Crippen LogP contribution >= 0.6 is 11.3 Å². The van der Waals surface area contributed by atoms with Crippen molar-refractivity contribution < 1.29 is 4.79 Å². The van der Waals surface area contributed by atoms with E-state index in [9.17, 15) is 4.79 Å². The van der Waals surface area contributed by atoms with Crippen LogP contribution in [0.15, 0.2) is 24.3 Å². The second kappa shape index (κ2) is 9.80. The van der Waals surface area contributed by atoms with Crippen LogP contribution in [0.2, 0.25) is 0 Å². The third-order valence-corrected chi connectivity index (χ3v) is 8.09. The molecule has 0 bridgehead atoms. The van der Waals surface area contributed by atoms with Crippen LogP contribution in [-0.2, 0) is 4.79 Å². The van der Waals surface area contributed by atoms with Gasteiger partial charge in [-0.1, -0.05) is 60.8 Å². The van der Waals surface area contributed by atoms with Gasteiger partial charge in [0.05, 0.1) is 0 Å². The number of fused-ring (bicyclic) bond motifs is 1. The van der Waals surface area contributed by atoms with Crippen LogP contribution in [0.1, 0.15) is 64.9 Å². The maximum atomic E-state index is 12.7. The highest BCUT2D eigenvalue weighted by molar-refractivity contribution is 7.20. The number of rotatable bonds is 6. The van der Waals surface area contributed by atoms with Crippen molar-refractivity contribution in [3.05, 3.63) is 29.8 Å². The van der Waals surface area contributed by atoms with Gasteiger partial charge >= 0.3 is 0 Å². The standard InChI is InChI=1S/C27H38N6OS/c1-19-8-7-11-21(18-19)23-24(29-27(2,3)4)33-25(28-23)35-26(30-33)32-16-14-31(15-17-32)22(34)13-12-20-9-5-6-10-20/h7-8,11,18,20,29H,5-6,9-10,12-17H2,1-4H3. The van der Waals surface area contributed by atoms with Crippen LogP contribution in [0.3, 0.4) is 0 Å². The first kappa shape index (κ1) is 24.1. The second-order valence-electron chi connectivity index (χ2n) is 11.2. The molecule has 1 saturated carbocycles. The van der Waals surface area contributed by atoms with Crippen LogP contribution in [0, 0.1) is 12.8 Å². The number of nitrogens with one attached hydrogen (secondary N) is 1. The molecule has 35 heavy (non-hydrogen) atoms. The highest BCUT2D eigenvalue weighted by Crippen LogP contribution is 2.35. The summed E-state index contributed by atoms with van der Waals surface area (Å²) in [6, 6.07) is 8.46. The molecule has 1 aromatic carbocycles. The van der Waals surface area contributed by atoms with Gasteiger partial charge in [0, 0.05) is 43.7 Å². The van der Waals surface area contributed by atoms with Gasteiger partial charge in [-0.15, -0.1) is 5.10 Å². The molecule has 8 heteroatoms. The summed E-state index contributed by atoms with van der Waals surface area (Å²) in [5.74, 6) is 2.03. The Hall–Kier alpha value is -2.61. The molecular formula is C27H38N6OS. The second-order valence-corrected chi connectivity index (χ2v) is 12.1. The van der Waals surface area contributed by atoms with Crippen LogP contribution in [0.4, 0.5) is 10.9 Å². The first-order valence-electron chi connectivity index (χ1n) is 13.0. The number of nitrogens with zero attached hydrogens (tertiary/aromatic N) is 5. The SMILES string of the molecule is Cc1cccc(-c2nc3sc(N4CCN(C(=O)CCC5CCCC5)CC4)nn3c2NC(C)(C)C)c1. The lowest BCUT2D eigenvalue weighted by Crippen LogP contribution is -2.48. The number of amides is 1. The number of piperazine rings is 1. The molecule has 2 fully saturated rings. The molecule has 0 unspecified atom stereocenters. The molecule has 1 saturated heterocycles. The molecule has 1 aliphatic heterocycles. The summed E-state index contributed by atoms with van der Waals surface area (Å²) < 4.78 is 1.96. The van der Waals surface area contributed by atoms with Crippen LogP contribution in [-0.4, -0.2) is 57.1 Å². The minimum absolute atomic E-state index is 0.122. The summed E-state index contributed by atoms with van der Waals surface area (Å²) in [4.78, 5) is 23.0. The van der Waals surface area contributed by atoms with E-state index in [1.807, 2.05) is 9.42 Å². The molecule has 3 aromatic rings. The summed E-state index contributed by atoms with van der Waals surface area (Å²) in [6.45, 7) is 11.7.